The average Bonchev–Trinajstić information content (AvgIpc) is 3.43. The Kier molecular flexibility index (Phi) is 9.37. The van der Waals surface area contributed by atoms with Gasteiger partial charge in [0.25, 0.3) is 11.8 Å². The van der Waals surface area contributed by atoms with Gasteiger partial charge in [0.15, 0.2) is 18.1 Å². The van der Waals surface area contributed by atoms with Crippen LogP contribution in [0.5, 0.6) is 11.5 Å². The monoisotopic (exact) mass is 610 g/mol. The highest BCUT2D eigenvalue weighted by molar-refractivity contribution is 6.32. The van der Waals surface area contributed by atoms with Crippen LogP contribution in [-0.4, -0.2) is 36.3 Å². The van der Waals surface area contributed by atoms with Crippen molar-refractivity contribution in [2.24, 2.45) is 5.10 Å². The molecular weight excluding hydrogens is 583 g/mol. The fourth-order valence-electron chi connectivity index (χ4n) is 4.53. The van der Waals surface area contributed by atoms with E-state index in [0.29, 0.717) is 16.8 Å². The molecule has 4 aromatic carbocycles. The molecule has 0 saturated carbocycles. The Hall–Kier alpha value is -5.41. The number of methoxy groups -OCH3 is 1. The van der Waals surface area contributed by atoms with E-state index in [1.165, 1.54) is 37.6 Å². The van der Waals surface area contributed by atoms with E-state index in [-0.39, 0.29) is 29.0 Å². The minimum atomic E-state index is -0.462. The maximum atomic E-state index is 13.1. The summed E-state index contributed by atoms with van der Waals surface area (Å²) < 4.78 is 26.2. The van der Waals surface area contributed by atoms with Crippen LogP contribution < -0.4 is 20.2 Å². The van der Waals surface area contributed by atoms with Crippen molar-refractivity contribution >= 4 is 35.3 Å². The van der Waals surface area contributed by atoms with E-state index in [0.717, 1.165) is 22.6 Å². The van der Waals surface area contributed by atoms with Crippen molar-refractivity contribution in [3.05, 3.63) is 131 Å². The highest BCUT2D eigenvalue weighted by Gasteiger charge is 2.15. The maximum Gasteiger partial charge on any atom is 0.271 e. The lowest BCUT2D eigenvalue weighted by atomic mass is 10.1. The van der Waals surface area contributed by atoms with Crippen molar-refractivity contribution in [3.8, 4) is 28.4 Å². The van der Waals surface area contributed by atoms with E-state index < -0.39 is 11.7 Å². The molecule has 1 heterocycles. The second kappa shape index (κ2) is 13.7. The Morgan fingerprint density at radius 3 is 2.39 bits per heavy atom. The minimum absolute atomic E-state index is 0.165. The van der Waals surface area contributed by atoms with Gasteiger partial charge in [-0.2, -0.15) is 5.10 Å². The van der Waals surface area contributed by atoms with Gasteiger partial charge in [0, 0.05) is 22.6 Å². The number of carbonyl (C=O) groups is 2. The molecule has 0 saturated heterocycles. The third kappa shape index (κ3) is 7.14. The van der Waals surface area contributed by atoms with Gasteiger partial charge in [-0.25, -0.2) is 9.82 Å². The number of benzene rings is 4. The molecular formula is C34H28ClFN4O4. The molecule has 0 aliphatic heterocycles. The molecule has 0 aliphatic rings. The van der Waals surface area contributed by atoms with Crippen LogP contribution in [0.25, 0.3) is 16.9 Å². The van der Waals surface area contributed by atoms with Gasteiger partial charge in [-0.05, 0) is 90.8 Å². The summed E-state index contributed by atoms with van der Waals surface area (Å²) in [5, 5.41) is 6.84. The number of nitrogens with zero attached hydrogens (tertiary/aromatic N) is 2. The lowest BCUT2D eigenvalue weighted by Crippen LogP contribution is -2.20. The number of hydrogen-bond acceptors (Lipinski definition) is 5. The van der Waals surface area contributed by atoms with Crippen molar-refractivity contribution in [3.63, 3.8) is 0 Å². The number of ether oxygens (including phenoxy) is 2. The molecule has 0 atom stereocenters. The number of hydrazone groups is 1. The van der Waals surface area contributed by atoms with Gasteiger partial charge in [0.05, 0.1) is 24.0 Å². The number of amides is 2. The van der Waals surface area contributed by atoms with E-state index >= 15 is 0 Å². The third-order valence-corrected chi connectivity index (χ3v) is 6.92. The van der Waals surface area contributed by atoms with Crippen molar-refractivity contribution in [2.45, 2.75) is 6.92 Å². The second-order valence-electron chi connectivity index (χ2n) is 9.69. The van der Waals surface area contributed by atoms with Gasteiger partial charge in [-0.1, -0.05) is 41.9 Å². The summed E-state index contributed by atoms with van der Waals surface area (Å²) in [6.45, 7) is 1.68. The Morgan fingerprint density at radius 2 is 1.68 bits per heavy atom. The van der Waals surface area contributed by atoms with Crippen LogP contribution in [-0.2, 0) is 4.79 Å². The molecule has 2 N–H and O–H groups in total. The summed E-state index contributed by atoms with van der Waals surface area (Å²) in [7, 11) is 1.43. The predicted octanol–water partition coefficient (Wildman–Crippen LogP) is 7.04. The van der Waals surface area contributed by atoms with Crippen LogP contribution in [0.4, 0.5) is 10.1 Å². The van der Waals surface area contributed by atoms with Crippen molar-refractivity contribution in [1.82, 2.24) is 9.99 Å². The molecule has 1 aromatic heterocycles. The lowest BCUT2D eigenvalue weighted by molar-refractivity contribution is -0.118. The Labute approximate surface area is 258 Å². The molecule has 0 bridgehead atoms. The number of nitrogens with one attached hydrogen (secondary N) is 2. The van der Waals surface area contributed by atoms with Crippen LogP contribution >= 0.6 is 11.6 Å². The maximum absolute atomic E-state index is 13.1. The third-order valence-electron chi connectivity index (χ3n) is 6.64. The van der Waals surface area contributed by atoms with Crippen LogP contribution in [0.1, 0.15) is 21.6 Å². The summed E-state index contributed by atoms with van der Waals surface area (Å²) in [6, 6.07) is 30.0. The van der Waals surface area contributed by atoms with Crippen LogP contribution in [0.2, 0.25) is 5.02 Å². The Balaban J connectivity index is 1.21. The number of rotatable bonds is 10. The van der Waals surface area contributed by atoms with Crippen molar-refractivity contribution in [2.75, 3.05) is 19.0 Å². The zero-order valence-electron chi connectivity index (χ0n) is 23.9. The minimum Gasteiger partial charge on any atom is -0.493 e. The molecule has 222 valence electrons. The fourth-order valence-corrected chi connectivity index (χ4v) is 4.80. The molecule has 0 unspecified atom stereocenters. The summed E-state index contributed by atoms with van der Waals surface area (Å²) in [4.78, 5) is 25.0. The number of aromatic nitrogens is 1. The quantitative estimate of drug-likeness (QED) is 0.131. The summed E-state index contributed by atoms with van der Waals surface area (Å²) in [5.41, 5.74) is 8.08. The van der Waals surface area contributed by atoms with Gasteiger partial charge in [0.1, 0.15) is 5.82 Å². The summed E-state index contributed by atoms with van der Waals surface area (Å²) in [5.74, 6) is -0.820. The van der Waals surface area contributed by atoms with Gasteiger partial charge < -0.3 is 19.4 Å². The van der Waals surface area contributed by atoms with E-state index in [4.69, 9.17) is 21.1 Å². The number of aryl methyl sites for hydroxylation is 1. The molecule has 0 spiro atoms. The first kappa shape index (κ1) is 30.1. The summed E-state index contributed by atoms with van der Waals surface area (Å²) in [6.07, 6.45) is 1.42. The van der Waals surface area contributed by atoms with Gasteiger partial charge >= 0.3 is 0 Å². The molecule has 5 aromatic rings. The van der Waals surface area contributed by atoms with Gasteiger partial charge in [0.2, 0.25) is 0 Å². The van der Waals surface area contributed by atoms with Crippen LogP contribution in [0, 0.1) is 12.7 Å². The SMILES string of the molecule is COc1cc(/C=N/NC(=O)c2ccc(-n3c(C)ccc3-c3ccccc3)cc2)cc(Cl)c1OCC(=O)Nc1ccc(F)cc1. The lowest BCUT2D eigenvalue weighted by Gasteiger charge is -2.13. The summed E-state index contributed by atoms with van der Waals surface area (Å²) >= 11 is 6.40. The van der Waals surface area contributed by atoms with E-state index in [1.54, 1.807) is 24.3 Å². The van der Waals surface area contributed by atoms with Crippen LogP contribution in [0.3, 0.4) is 0 Å². The van der Waals surface area contributed by atoms with Gasteiger partial charge in [-0.3, -0.25) is 9.59 Å². The van der Waals surface area contributed by atoms with E-state index in [2.05, 4.69) is 44.7 Å². The molecule has 10 heteroatoms. The number of halogens is 2. The molecule has 0 aliphatic carbocycles. The Bertz CT molecular complexity index is 1800. The van der Waals surface area contributed by atoms with Gasteiger partial charge in [-0.15, -0.1) is 0 Å². The standard InChI is InChI=1S/C34H28ClFN4O4/c1-22-8-17-30(24-6-4-3-5-7-24)40(22)28-15-9-25(10-16-28)34(42)39-37-20-23-18-29(35)33(31(19-23)43-2)44-21-32(41)38-27-13-11-26(36)12-14-27/h3-20H,21H2,1-2H3,(H,38,41)(H,39,42)/b37-20+. The normalized spacial score (nSPS) is 10.9. The first-order chi connectivity index (χ1) is 21.3. The predicted molar refractivity (Wildman–Crippen MR) is 170 cm³/mol. The molecule has 8 nitrogen and oxygen atoms in total. The smallest absolute Gasteiger partial charge is 0.271 e. The van der Waals surface area contributed by atoms with Crippen molar-refractivity contribution in [1.29, 1.82) is 0 Å². The van der Waals surface area contributed by atoms with E-state index in [1.807, 2.05) is 37.3 Å². The molecule has 44 heavy (non-hydrogen) atoms. The highest BCUT2D eigenvalue weighted by Crippen LogP contribution is 2.36. The zero-order valence-corrected chi connectivity index (χ0v) is 24.6. The first-order valence-corrected chi connectivity index (χ1v) is 13.9. The number of anilines is 1. The second-order valence-corrected chi connectivity index (χ2v) is 10.1. The first-order valence-electron chi connectivity index (χ1n) is 13.6. The van der Waals surface area contributed by atoms with Crippen molar-refractivity contribution < 1.29 is 23.5 Å². The average molecular weight is 611 g/mol. The Morgan fingerprint density at radius 1 is 0.955 bits per heavy atom. The fraction of sp³-hybridized carbons (Fsp3) is 0.0882. The topological polar surface area (TPSA) is 93.9 Å². The largest absolute Gasteiger partial charge is 0.493 e. The number of carbonyl (C=O) groups excluding carboxylic acids is 2. The molecule has 0 fully saturated rings. The zero-order chi connectivity index (χ0) is 31.1. The van der Waals surface area contributed by atoms with E-state index in [9.17, 15) is 14.0 Å². The molecule has 5 rings (SSSR count). The highest BCUT2D eigenvalue weighted by atomic mass is 35.5. The van der Waals surface area contributed by atoms with Crippen LogP contribution in [0.15, 0.2) is 108 Å². The molecule has 0 radical (unpaired) electrons. The number of hydrogen-bond donors (Lipinski definition) is 2. The molecule has 2 amide bonds.